The first-order chi connectivity index (χ1) is 15.2. The fourth-order valence-corrected chi connectivity index (χ4v) is 4.17. The van der Waals surface area contributed by atoms with E-state index in [1.54, 1.807) is 0 Å². The Labute approximate surface area is 189 Å². The van der Waals surface area contributed by atoms with Crippen LogP contribution >= 0.6 is 0 Å². The quantitative estimate of drug-likeness (QED) is 0.528. The molecule has 1 aliphatic heterocycles. The molecule has 2 amide bonds. The largest absolute Gasteiger partial charge is 0.350 e. The van der Waals surface area contributed by atoms with Gasteiger partial charge in [-0.3, -0.25) is 9.59 Å². The number of carbonyl (C=O) groups excluding carboxylic acids is 2. The van der Waals surface area contributed by atoms with Gasteiger partial charge in [-0.2, -0.15) is 0 Å². The normalized spacial score (nSPS) is 13.9. The number of imide groups is 1. The molecule has 0 radical (unpaired) electrons. The van der Waals surface area contributed by atoms with Crippen molar-refractivity contribution in [2.75, 3.05) is 10.2 Å². The van der Waals surface area contributed by atoms with Crippen molar-refractivity contribution in [1.29, 1.82) is 0 Å². The van der Waals surface area contributed by atoms with Crippen LogP contribution in [0.15, 0.2) is 60.3 Å². The highest BCUT2D eigenvalue weighted by Crippen LogP contribution is 2.36. The predicted molar refractivity (Wildman–Crippen MR) is 131 cm³/mol. The number of benzene rings is 3. The topological polar surface area (TPSA) is 49.4 Å². The Morgan fingerprint density at radius 3 is 1.91 bits per heavy atom. The maximum Gasteiger partial charge on any atom is 0.282 e. The second-order valence-corrected chi connectivity index (χ2v) is 8.73. The summed E-state index contributed by atoms with van der Waals surface area (Å²) < 4.78 is 0. The van der Waals surface area contributed by atoms with Crippen molar-refractivity contribution < 1.29 is 9.59 Å². The van der Waals surface area contributed by atoms with E-state index >= 15 is 0 Å². The lowest BCUT2D eigenvalue weighted by Crippen LogP contribution is -2.33. The van der Waals surface area contributed by atoms with Crippen LogP contribution in [0.3, 0.4) is 0 Å². The number of rotatable bonds is 4. The number of hydrogen-bond acceptors (Lipinski definition) is 3. The molecule has 0 fully saturated rings. The van der Waals surface area contributed by atoms with Crippen LogP contribution in [-0.2, 0) is 9.59 Å². The summed E-state index contributed by atoms with van der Waals surface area (Å²) in [6.45, 7) is 12.0. The minimum absolute atomic E-state index is 0.308. The zero-order valence-corrected chi connectivity index (χ0v) is 19.5. The van der Waals surface area contributed by atoms with E-state index in [0.717, 1.165) is 44.6 Å². The predicted octanol–water partition coefficient (Wildman–Crippen LogP) is 5.93. The van der Waals surface area contributed by atoms with E-state index < -0.39 is 0 Å². The second-order valence-electron chi connectivity index (χ2n) is 8.73. The minimum atomic E-state index is -0.338. The summed E-state index contributed by atoms with van der Waals surface area (Å²) in [5.74, 6) is -0.646. The Hall–Kier alpha value is -3.66. The van der Waals surface area contributed by atoms with Gasteiger partial charge in [0.1, 0.15) is 5.70 Å². The summed E-state index contributed by atoms with van der Waals surface area (Å²) in [5.41, 5.74) is 9.23. The monoisotopic (exact) mass is 424 g/mol. The molecule has 0 saturated heterocycles. The Kier molecular flexibility index (Phi) is 5.47. The molecular formula is C28H28N2O2. The van der Waals surface area contributed by atoms with Crippen molar-refractivity contribution in [2.24, 2.45) is 0 Å². The molecule has 3 aromatic rings. The Bertz CT molecular complexity index is 1300. The average molecular weight is 425 g/mol. The maximum absolute atomic E-state index is 13.7. The van der Waals surface area contributed by atoms with E-state index in [4.69, 9.17) is 0 Å². The van der Waals surface area contributed by atoms with E-state index in [0.29, 0.717) is 17.0 Å². The van der Waals surface area contributed by atoms with Crippen molar-refractivity contribution in [1.82, 2.24) is 0 Å². The fraction of sp³-hybridized carbons (Fsp3) is 0.214. The second kappa shape index (κ2) is 8.12. The van der Waals surface area contributed by atoms with E-state index in [-0.39, 0.29) is 11.8 Å². The van der Waals surface area contributed by atoms with Gasteiger partial charge in [-0.1, -0.05) is 53.6 Å². The standard InChI is InChI=1S/C28H28N2O2/c1-16-7-11-23(20(5)13-16)29-26-25(22-10-9-18(3)19(4)15-22)27(31)30(28(26)32)24-12-8-17(2)14-21(24)6/h7-15,29H,1-6H3. The first-order valence-corrected chi connectivity index (χ1v) is 10.8. The summed E-state index contributed by atoms with van der Waals surface area (Å²) >= 11 is 0. The summed E-state index contributed by atoms with van der Waals surface area (Å²) in [5, 5.41) is 3.30. The minimum Gasteiger partial charge on any atom is -0.350 e. The van der Waals surface area contributed by atoms with Crippen molar-refractivity contribution in [2.45, 2.75) is 41.5 Å². The number of hydrogen-bond donors (Lipinski definition) is 1. The lowest BCUT2D eigenvalue weighted by atomic mass is 9.99. The first-order valence-electron chi connectivity index (χ1n) is 10.8. The third-order valence-corrected chi connectivity index (χ3v) is 6.11. The van der Waals surface area contributed by atoms with Crippen LogP contribution in [0.1, 0.15) is 38.9 Å². The van der Waals surface area contributed by atoms with E-state index in [1.165, 1.54) is 4.90 Å². The number of aryl methyl sites for hydroxylation is 6. The Morgan fingerprint density at radius 1 is 0.625 bits per heavy atom. The number of amides is 2. The van der Waals surface area contributed by atoms with Gasteiger partial charge in [0.05, 0.1) is 11.3 Å². The average Bonchev–Trinajstić information content (AvgIpc) is 2.96. The number of carbonyl (C=O) groups is 2. The molecule has 162 valence electrons. The smallest absolute Gasteiger partial charge is 0.282 e. The Morgan fingerprint density at radius 2 is 1.28 bits per heavy atom. The number of nitrogens with one attached hydrogen (secondary N) is 1. The molecule has 0 bridgehead atoms. The van der Waals surface area contributed by atoms with Crippen LogP contribution in [-0.4, -0.2) is 11.8 Å². The highest BCUT2D eigenvalue weighted by atomic mass is 16.2. The molecule has 0 unspecified atom stereocenters. The molecule has 0 aliphatic carbocycles. The van der Waals surface area contributed by atoms with Gasteiger partial charge in [-0.05, 0) is 81.5 Å². The molecule has 4 heteroatoms. The molecule has 0 saturated carbocycles. The summed E-state index contributed by atoms with van der Waals surface area (Å²) in [6, 6.07) is 17.6. The van der Waals surface area contributed by atoms with Crippen LogP contribution in [0.4, 0.5) is 11.4 Å². The first kappa shape index (κ1) is 21.6. The fourth-order valence-electron chi connectivity index (χ4n) is 4.17. The summed E-state index contributed by atoms with van der Waals surface area (Å²) in [6.07, 6.45) is 0. The molecule has 3 aromatic carbocycles. The van der Waals surface area contributed by atoms with Gasteiger partial charge in [0.2, 0.25) is 0 Å². The van der Waals surface area contributed by atoms with Crippen molar-refractivity contribution >= 4 is 28.8 Å². The van der Waals surface area contributed by atoms with E-state index in [1.807, 2.05) is 90.1 Å². The van der Waals surface area contributed by atoms with Crippen LogP contribution in [0.5, 0.6) is 0 Å². The van der Waals surface area contributed by atoms with Gasteiger partial charge in [-0.15, -0.1) is 0 Å². The van der Waals surface area contributed by atoms with Gasteiger partial charge >= 0.3 is 0 Å². The maximum atomic E-state index is 13.7. The number of nitrogens with zero attached hydrogens (tertiary/aromatic N) is 1. The van der Waals surface area contributed by atoms with Crippen molar-refractivity contribution in [3.63, 3.8) is 0 Å². The molecule has 32 heavy (non-hydrogen) atoms. The van der Waals surface area contributed by atoms with E-state index in [9.17, 15) is 9.59 Å². The van der Waals surface area contributed by atoms with Gasteiger partial charge in [0.15, 0.2) is 0 Å². The van der Waals surface area contributed by atoms with Crippen LogP contribution in [0, 0.1) is 41.5 Å². The van der Waals surface area contributed by atoms with E-state index in [2.05, 4.69) is 11.4 Å². The molecule has 0 atom stereocenters. The Balaban J connectivity index is 1.88. The van der Waals surface area contributed by atoms with Gasteiger partial charge < -0.3 is 5.32 Å². The zero-order valence-electron chi connectivity index (χ0n) is 19.5. The number of anilines is 2. The lowest BCUT2D eigenvalue weighted by Gasteiger charge is -2.18. The molecule has 1 aliphatic rings. The van der Waals surface area contributed by atoms with Gasteiger partial charge in [0.25, 0.3) is 11.8 Å². The third-order valence-electron chi connectivity index (χ3n) is 6.11. The summed E-state index contributed by atoms with van der Waals surface area (Å²) in [7, 11) is 0. The van der Waals surface area contributed by atoms with Crippen molar-refractivity contribution in [3.8, 4) is 0 Å². The molecule has 0 spiro atoms. The van der Waals surface area contributed by atoms with Gasteiger partial charge in [0, 0.05) is 5.69 Å². The summed E-state index contributed by atoms with van der Waals surface area (Å²) in [4.78, 5) is 28.7. The van der Waals surface area contributed by atoms with Crippen molar-refractivity contribution in [3.05, 3.63) is 99.2 Å². The van der Waals surface area contributed by atoms with Crippen LogP contribution in [0.25, 0.3) is 5.57 Å². The molecule has 0 aromatic heterocycles. The third kappa shape index (κ3) is 3.73. The lowest BCUT2D eigenvalue weighted by molar-refractivity contribution is -0.120. The van der Waals surface area contributed by atoms with Crippen LogP contribution < -0.4 is 10.2 Å². The zero-order chi connectivity index (χ0) is 23.2. The van der Waals surface area contributed by atoms with Crippen LogP contribution in [0.2, 0.25) is 0 Å². The molecule has 4 nitrogen and oxygen atoms in total. The molecule has 4 rings (SSSR count). The SMILES string of the molecule is Cc1ccc(NC2=C(c3ccc(C)c(C)c3)C(=O)N(c3ccc(C)cc3C)C2=O)c(C)c1. The highest BCUT2D eigenvalue weighted by molar-refractivity contribution is 6.46. The van der Waals surface area contributed by atoms with Gasteiger partial charge in [-0.25, -0.2) is 4.90 Å². The molecular weight excluding hydrogens is 396 g/mol. The molecule has 1 N–H and O–H groups in total. The highest BCUT2D eigenvalue weighted by Gasteiger charge is 2.41. The molecule has 1 heterocycles.